The summed E-state index contributed by atoms with van der Waals surface area (Å²) in [5.41, 5.74) is 4.57. The second kappa shape index (κ2) is 6.06. The van der Waals surface area contributed by atoms with Gasteiger partial charge in [0.25, 0.3) is 5.91 Å². The van der Waals surface area contributed by atoms with Gasteiger partial charge in [0.2, 0.25) is 0 Å². The molecule has 1 atom stereocenters. The fourth-order valence-electron chi connectivity index (χ4n) is 3.96. The quantitative estimate of drug-likeness (QED) is 0.512. The molecule has 2 heterocycles. The Bertz CT molecular complexity index is 1260. The van der Waals surface area contributed by atoms with E-state index < -0.39 is 12.0 Å². The summed E-state index contributed by atoms with van der Waals surface area (Å²) in [5, 5.41) is 13.4. The van der Waals surface area contributed by atoms with Gasteiger partial charge < -0.3 is 15.4 Å². The van der Waals surface area contributed by atoms with E-state index in [0.717, 1.165) is 22.1 Å². The molecular weight excluding hydrogens is 354 g/mol. The summed E-state index contributed by atoms with van der Waals surface area (Å²) in [5.74, 6) is -1.22. The van der Waals surface area contributed by atoms with Crippen LogP contribution in [-0.2, 0) is 0 Å². The average molecular weight is 369 g/mol. The highest BCUT2D eigenvalue weighted by atomic mass is 16.4. The van der Waals surface area contributed by atoms with Crippen molar-refractivity contribution in [2.75, 3.05) is 0 Å². The maximum absolute atomic E-state index is 13.1. The number of nitrogens with one attached hydrogen (secondary N) is 2. The number of benzene rings is 2. The first-order valence-electron chi connectivity index (χ1n) is 8.83. The minimum atomic E-state index is -0.984. The van der Waals surface area contributed by atoms with Gasteiger partial charge in [-0.1, -0.05) is 36.4 Å². The maximum atomic E-state index is 13.1. The molecule has 0 bridgehead atoms. The van der Waals surface area contributed by atoms with Gasteiger partial charge in [0.05, 0.1) is 17.2 Å². The van der Waals surface area contributed by atoms with Crippen molar-refractivity contribution in [1.29, 1.82) is 0 Å². The monoisotopic (exact) mass is 369 g/mol. The van der Waals surface area contributed by atoms with Crippen LogP contribution in [0.3, 0.4) is 0 Å². The normalized spacial score (nSPS) is 14.5. The van der Waals surface area contributed by atoms with Gasteiger partial charge in [0.15, 0.2) is 0 Å². The lowest BCUT2D eigenvalue weighted by Crippen LogP contribution is -2.28. The molecule has 0 saturated heterocycles. The van der Waals surface area contributed by atoms with Gasteiger partial charge in [-0.2, -0.15) is 0 Å². The van der Waals surface area contributed by atoms with Crippen LogP contribution in [0.1, 0.15) is 37.9 Å². The Morgan fingerprint density at radius 1 is 0.964 bits per heavy atom. The third-order valence-electron chi connectivity index (χ3n) is 5.16. The number of rotatable bonds is 3. The lowest BCUT2D eigenvalue weighted by Gasteiger charge is -2.16. The number of nitrogens with zero attached hydrogens (tertiary/aromatic N) is 1. The Morgan fingerprint density at radius 3 is 2.64 bits per heavy atom. The Morgan fingerprint density at radius 2 is 1.79 bits per heavy atom. The first kappa shape index (κ1) is 16.3. The Kier molecular flexibility index (Phi) is 3.52. The molecule has 1 amide bonds. The standard InChI is InChI=1S/C22H15N3O3/c26-21(15-9-11-24-20-14(15)8-10-23-20)25-19-13-5-2-1-4-12(13)18-16(19)6-3-7-17(18)22(27)28/h1-11,19H,(H,23,24)(H,25,26)(H,27,28)/t19-/m1/s1. The number of carbonyl (C=O) groups excluding carboxylic acids is 1. The van der Waals surface area contributed by atoms with E-state index in [1.807, 2.05) is 36.4 Å². The molecule has 1 aliphatic carbocycles. The van der Waals surface area contributed by atoms with E-state index in [9.17, 15) is 14.7 Å². The third-order valence-corrected chi connectivity index (χ3v) is 5.16. The first-order valence-corrected chi connectivity index (χ1v) is 8.83. The number of fused-ring (bicyclic) bond motifs is 4. The summed E-state index contributed by atoms with van der Waals surface area (Å²) in [4.78, 5) is 32.0. The molecule has 0 spiro atoms. The number of aromatic amines is 1. The minimum Gasteiger partial charge on any atom is -0.478 e. The highest BCUT2D eigenvalue weighted by Crippen LogP contribution is 2.45. The van der Waals surface area contributed by atoms with Crippen molar-refractivity contribution in [2.45, 2.75) is 6.04 Å². The summed E-state index contributed by atoms with van der Waals surface area (Å²) < 4.78 is 0. The molecule has 0 saturated carbocycles. The number of aromatic carboxylic acids is 1. The number of H-pyrrole nitrogens is 1. The molecule has 4 aromatic rings. The second-order valence-electron chi connectivity index (χ2n) is 6.67. The van der Waals surface area contributed by atoms with Crippen LogP contribution in [0.2, 0.25) is 0 Å². The number of amides is 1. The van der Waals surface area contributed by atoms with Crippen LogP contribution in [0.25, 0.3) is 22.2 Å². The number of carbonyl (C=O) groups is 2. The molecule has 3 N–H and O–H groups in total. The van der Waals surface area contributed by atoms with Gasteiger partial charge in [-0.25, -0.2) is 9.78 Å². The van der Waals surface area contributed by atoms with Crippen LogP contribution >= 0.6 is 0 Å². The molecule has 0 fully saturated rings. The van der Waals surface area contributed by atoms with Gasteiger partial charge in [-0.15, -0.1) is 0 Å². The lowest BCUT2D eigenvalue weighted by molar-refractivity contribution is 0.0697. The second-order valence-corrected chi connectivity index (χ2v) is 6.67. The topological polar surface area (TPSA) is 95.1 Å². The third kappa shape index (κ3) is 2.31. The molecule has 6 nitrogen and oxygen atoms in total. The van der Waals surface area contributed by atoms with Gasteiger partial charge in [-0.3, -0.25) is 4.79 Å². The summed E-state index contributed by atoms with van der Waals surface area (Å²) >= 11 is 0. The van der Waals surface area contributed by atoms with E-state index in [0.29, 0.717) is 16.8 Å². The zero-order valence-corrected chi connectivity index (χ0v) is 14.6. The summed E-state index contributed by atoms with van der Waals surface area (Å²) in [6.07, 6.45) is 3.33. The van der Waals surface area contributed by atoms with E-state index in [4.69, 9.17) is 0 Å². The van der Waals surface area contributed by atoms with Crippen LogP contribution in [0.4, 0.5) is 0 Å². The SMILES string of the molecule is O=C(O)c1cccc2c1-c1ccccc1[C@H]2NC(=O)c1ccnc2[nH]ccc12. The zero-order valence-electron chi connectivity index (χ0n) is 14.6. The molecule has 28 heavy (non-hydrogen) atoms. The van der Waals surface area contributed by atoms with Crippen LogP contribution in [0, 0.1) is 0 Å². The maximum Gasteiger partial charge on any atom is 0.336 e. The van der Waals surface area contributed by atoms with Crippen molar-refractivity contribution in [3.05, 3.63) is 89.2 Å². The molecule has 0 radical (unpaired) electrons. The summed E-state index contributed by atoms with van der Waals surface area (Å²) in [7, 11) is 0. The molecule has 6 heteroatoms. The van der Waals surface area contributed by atoms with Crippen molar-refractivity contribution < 1.29 is 14.7 Å². The predicted molar refractivity (Wildman–Crippen MR) is 104 cm³/mol. The van der Waals surface area contributed by atoms with Crippen molar-refractivity contribution in [1.82, 2.24) is 15.3 Å². The molecule has 0 aliphatic heterocycles. The van der Waals surface area contributed by atoms with Gasteiger partial charge >= 0.3 is 5.97 Å². The van der Waals surface area contributed by atoms with Crippen molar-refractivity contribution in [3.8, 4) is 11.1 Å². The lowest BCUT2D eigenvalue weighted by atomic mass is 9.99. The van der Waals surface area contributed by atoms with Gasteiger partial charge in [0.1, 0.15) is 5.65 Å². The smallest absolute Gasteiger partial charge is 0.336 e. The van der Waals surface area contributed by atoms with E-state index in [2.05, 4.69) is 15.3 Å². The number of hydrogen-bond acceptors (Lipinski definition) is 3. The Balaban J connectivity index is 1.62. The fourth-order valence-corrected chi connectivity index (χ4v) is 3.96. The van der Waals surface area contributed by atoms with E-state index in [1.165, 1.54) is 0 Å². The van der Waals surface area contributed by atoms with Gasteiger partial charge in [-0.05, 0) is 34.9 Å². The Hall–Kier alpha value is -3.93. The fraction of sp³-hybridized carbons (Fsp3) is 0.0455. The number of carboxylic acid groups (broad SMARTS) is 1. The van der Waals surface area contributed by atoms with E-state index in [1.54, 1.807) is 30.6 Å². The Labute approximate surface area is 159 Å². The summed E-state index contributed by atoms with van der Waals surface area (Å²) in [6, 6.07) is 15.8. The highest BCUT2D eigenvalue weighted by Gasteiger charge is 2.33. The van der Waals surface area contributed by atoms with Crippen molar-refractivity contribution in [3.63, 3.8) is 0 Å². The van der Waals surface area contributed by atoms with Gasteiger partial charge in [0, 0.05) is 23.3 Å². The van der Waals surface area contributed by atoms with E-state index in [-0.39, 0.29) is 11.5 Å². The van der Waals surface area contributed by atoms with Crippen LogP contribution in [0.15, 0.2) is 67.0 Å². The molecular formula is C22H15N3O3. The molecule has 2 aromatic heterocycles. The number of pyridine rings is 1. The highest BCUT2D eigenvalue weighted by molar-refractivity contribution is 6.06. The van der Waals surface area contributed by atoms with Crippen LogP contribution < -0.4 is 5.32 Å². The zero-order chi connectivity index (χ0) is 19.3. The average Bonchev–Trinajstić information content (AvgIpc) is 3.31. The minimum absolute atomic E-state index is 0.235. The first-order chi connectivity index (χ1) is 13.6. The number of carboxylic acids is 1. The number of hydrogen-bond donors (Lipinski definition) is 3. The molecule has 1 aliphatic rings. The van der Waals surface area contributed by atoms with Crippen LogP contribution in [-0.4, -0.2) is 27.0 Å². The van der Waals surface area contributed by atoms with Crippen molar-refractivity contribution >= 4 is 22.9 Å². The largest absolute Gasteiger partial charge is 0.478 e. The van der Waals surface area contributed by atoms with Crippen LogP contribution in [0.5, 0.6) is 0 Å². The molecule has 136 valence electrons. The summed E-state index contributed by atoms with van der Waals surface area (Å²) in [6.45, 7) is 0. The van der Waals surface area contributed by atoms with E-state index >= 15 is 0 Å². The molecule has 0 unspecified atom stereocenters. The predicted octanol–water partition coefficient (Wildman–Crippen LogP) is 3.76. The molecule has 5 rings (SSSR count). The number of aromatic nitrogens is 2. The van der Waals surface area contributed by atoms with Crippen molar-refractivity contribution in [2.24, 2.45) is 0 Å². The molecule has 2 aromatic carbocycles.